The number of phenols is 1. The molecule has 2 aromatic rings. The number of aryl methyl sites for hydroxylation is 2. The number of halogens is 1. The predicted octanol–water partition coefficient (Wildman–Crippen LogP) is 3.35. The minimum absolute atomic E-state index is 0.0180. The molecule has 1 saturated heterocycles. The Morgan fingerprint density at radius 2 is 1.72 bits per heavy atom. The van der Waals surface area contributed by atoms with E-state index in [2.05, 4.69) is 21.2 Å². The second kappa shape index (κ2) is 7.47. The van der Waals surface area contributed by atoms with E-state index < -0.39 is 34.1 Å². The van der Waals surface area contributed by atoms with Gasteiger partial charge in [0.2, 0.25) is 0 Å². The molecule has 0 unspecified atom stereocenters. The molecule has 148 valence electrons. The Labute approximate surface area is 172 Å². The van der Waals surface area contributed by atoms with Crippen LogP contribution in [0.2, 0.25) is 0 Å². The Morgan fingerprint density at radius 1 is 1.10 bits per heavy atom. The summed E-state index contributed by atoms with van der Waals surface area (Å²) in [5, 5.41) is 23.3. The van der Waals surface area contributed by atoms with Crippen molar-refractivity contribution in [3.05, 3.63) is 67.2 Å². The highest BCUT2D eigenvalue weighted by atomic mass is 79.9. The maximum absolute atomic E-state index is 12.9. The quantitative estimate of drug-likeness (QED) is 0.313. The first-order valence-corrected chi connectivity index (χ1v) is 9.04. The number of nitro groups is 1. The maximum atomic E-state index is 12.9. The van der Waals surface area contributed by atoms with Crippen LogP contribution in [-0.2, 0) is 9.59 Å². The van der Waals surface area contributed by atoms with E-state index in [4.69, 9.17) is 0 Å². The summed E-state index contributed by atoms with van der Waals surface area (Å²) in [4.78, 5) is 48.7. The Morgan fingerprint density at radius 3 is 2.31 bits per heavy atom. The van der Waals surface area contributed by atoms with E-state index in [0.29, 0.717) is 0 Å². The molecule has 2 N–H and O–H groups in total. The maximum Gasteiger partial charge on any atom is 0.335 e. The van der Waals surface area contributed by atoms with E-state index in [1.807, 2.05) is 6.07 Å². The van der Waals surface area contributed by atoms with Crippen LogP contribution in [0, 0.1) is 24.0 Å². The van der Waals surface area contributed by atoms with Gasteiger partial charge in [-0.15, -0.1) is 0 Å². The number of aromatic hydroxyl groups is 1. The summed E-state index contributed by atoms with van der Waals surface area (Å²) < 4.78 is 0.0180. The van der Waals surface area contributed by atoms with E-state index >= 15 is 0 Å². The first-order chi connectivity index (χ1) is 13.6. The van der Waals surface area contributed by atoms with Crippen molar-refractivity contribution in [3.63, 3.8) is 0 Å². The summed E-state index contributed by atoms with van der Waals surface area (Å²) in [6.07, 6.45) is 1.01. The largest absolute Gasteiger partial charge is 0.506 e. The van der Waals surface area contributed by atoms with E-state index in [9.17, 15) is 29.6 Å². The van der Waals surface area contributed by atoms with Gasteiger partial charge in [-0.25, -0.2) is 9.69 Å². The molecule has 0 spiro atoms. The molecule has 0 aromatic heterocycles. The van der Waals surface area contributed by atoms with Crippen molar-refractivity contribution in [2.24, 2.45) is 0 Å². The second-order valence-corrected chi connectivity index (χ2v) is 7.28. The number of nitro benzene ring substituents is 1. The molecule has 2 aromatic carbocycles. The molecular formula is C19H14BrN3O6. The smallest absolute Gasteiger partial charge is 0.335 e. The van der Waals surface area contributed by atoms with E-state index in [0.717, 1.165) is 34.2 Å². The van der Waals surface area contributed by atoms with Crippen LogP contribution in [0.1, 0.15) is 16.7 Å². The van der Waals surface area contributed by atoms with Crippen LogP contribution in [0.3, 0.4) is 0 Å². The highest BCUT2D eigenvalue weighted by molar-refractivity contribution is 9.10. The van der Waals surface area contributed by atoms with Crippen molar-refractivity contribution >= 4 is 51.2 Å². The molecule has 0 aliphatic carbocycles. The molecule has 1 fully saturated rings. The van der Waals surface area contributed by atoms with Gasteiger partial charge in [0.25, 0.3) is 17.5 Å². The summed E-state index contributed by atoms with van der Waals surface area (Å²) in [7, 11) is 0. The zero-order valence-corrected chi connectivity index (χ0v) is 16.8. The molecule has 0 saturated carbocycles. The standard InChI is InChI=1S/C19H14BrN3O6/c1-9-3-10(2)5-12(4-9)22-18(26)14(17(25)21-19(22)27)7-11-6-13(23(28)29)8-15(20)16(11)24/h3-8,24H,1-2H3,(H,21,25,27)/b14-7+. The number of anilines is 1. The van der Waals surface area contributed by atoms with Gasteiger partial charge in [0, 0.05) is 17.7 Å². The average Bonchev–Trinajstić information content (AvgIpc) is 2.60. The second-order valence-electron chi connectivity index (χ2n) is 6.43. The molecule has 1 heterocycles. The minimum Gasteiger partial charge on any atom is -0.506 e. The third-order valence-corrected chi connectivity index (χ3v) is 4.76. The number of rotatable bonds is 3. The molecule has 10 heteroatoms. The van der Waals surface area contributed by atoms with Gasteiger partial charge >= 0.3 is 6.03 Å². The lowest BCUT2D eigenvalue weighted by molar-refractivity contribution is -0.385. The lowest BCUT2D eigenvalue weighted by atomic mass is 10.0. The van der Waals surface area contributed by atoms with Crippen molar-refractivity contribution in [1.29, 1.82) is 0 Å². The molecule has 0 radical (unpaired) electrons. The Hall–Kier alpha value is -3.53. The number of nitrogens with zero attached hydrogens (tertiary/aromatic N) is 2. The molecule has 0 atom stereocenters. The van der Waals surface area contributed by atoms with Gasteiger partial charge in [-0.1, -0.05) is 6.07 Å². The normalized spacial score (nSPS) is 15.6. The molecule has 9 nitrogen and oxygen atoms in total. The molecule has 29 heavy (non-hydrogen) atoms. The SMILES string of the molecule is Cc1cc(C)cc(N2C(=O)NC(=O)/C(=C\c3cc([N+](=O)[O-])cc(Br)c3O)C2=O)c1. The van der Waals surface area contributed by atoms with E-state index in [1.54, 1.807) is 26.0 Å². The number of carbonyl (C=O) groups is 3. The highest BCUT2D eigenvalue weighted by Crippen LogP contribution is 2.34. The van der Waals surface area contributed by atoms with Crippen LogP contribution in [0.15, 0.2) is 40.4 Å². The van der Waals surface area contributed by atoms with Crippen molar-refractivity contribution < 1.29 is 24.4 Å². The lowest BCUT2D eigenvalue weighted by Gasteiger charge is -2.27. The number of benzene rings is 2. The molecule has 1 aliphatic heterocycles. The van der Waals surface area contributed by atoms with Crippen LogP contribution >= 0.6 is 15.9 Å². The zero-order chi connectivity index (χ0) is 21.5. The Kier molecular flexibility index (Phi) is 5.21. The number of nitrogens with one attached hydrogen (secondary N) is 1. The van der Waals surface area contributed by atoms with Crippen molar-refractivity contribution in [1.82, 2.24) is 5.32 Å². The van der Waals surface area contributed by atoms with Crippen molar-refractivity contribution in [2.45, 2.75) is 13.8 Å². The summed E-state index contributed by atoms with van der Waals surface area (Å²) in [5.41, 5.74) is 0.956. The summed E-state index contributed by atoms with van der Waals surface area (Å²) >= 11 is 3.00. The van der Waals surface area contributed by atoms with Crippen molar-refractivity contribution in [3.8, 4) is 5.75 Å². The number of hydrogen-bond acceptors (Lipinski definition) is 6. The summed E-state index contributed by atoms with van der Waals surface area (Å²) in [6.45, 7) is 3.59. The summed E-state index contributed by atoms with van der Waals surface area (Å²) in [6, 6.07) is 6.28. The van der Waals surface area contributed by atoms with Gasteiger partial charge in [0.1, 0.15) is 11.3 Å². The number of phenolic OH excluding ortho intramolecular Hbond substituents is 1. The number of hydrogen-bond donors (Lipinski definition) is 2. The van der Waals surface area contributed by atoms with E-state index in [-0.39, 0.29) is 21.4 Å². The fourth-order valence-electron chi connectivity index (χ4n) is 2.95. The number of imide groups is 2. The van der Waals surface area contributed by atoms with Gasteiger partial charge in [0.15, 0.2) is 0 Å². The first kappa shape index (κ1) is 20.2. The third-order valence-electron chi connectivity index (χ3n) is 4.15. The minimum atomic E-state index is -0.970. The van der Waals surface area contributed by atoms with Gasteiger partial charge in [-0.05, 0) is 59.1 Å². The van der Waals surface area contributed by atoms with Crippen LogP contribution in [0.5, 0.6) is 5.75 Å². The van der Waals surface area contributed by atoms with Crippen LogP contribution < -0.4 is 10.2 Å². The third kappa shape index (κ3) is 3.87. The number of urea groups is 1. The first-order valence-electron chi connectivity index (χ1n) is 8.25. The Bertz CT molecular complexity index is 1100. The Balaban J connectivity index is 2.12. The fourth-order valence-corrected chi connectivity index (χ4v) is 3.41. The monoisotopic (exact) mass is 459 g/mol. The molecular weight excluding hydrogens is 446 g/mol. The molecule has 3 rings (SSSR count). The van der Waals surface area contributed by atoms with Gasteiger partial charge in [-0.2, -0.15) is 0 Å². The van der Waals surface area contributed by atoms with Crippen molar-refractivity contribution in [2.75, 3.05) is 4.90 Å². The molecule has 0 bridgehead atoms. The average molecular weight is 460 g/mol. The van der Waals surface area contributed by atoms with Gasteiger partial charge < -0.3 is 5.11 Å². The predicted molar refractivity (Wildman–Crippen MR) is 107 cm³/mol. The van der Waals surface area contributed by atoms with Gasteiger partial charge in [-0.3, -0.25) is 25.0 Å². The number of carbonyl (C=O) groups excluding carboxylic acids is 3. The summed E-state index contributed by atoms with van der Waals surface area (Å²) in [5.74, 6) is -2.27. The number of non-ortho nitro benzene ring substituents is 1. The zero-order valence-electron chi connectivity index (χ0n) is 15.2. The highest BCUT2D eigenvalue weighted by Gasteiger charge is 2.37. The van der Waals surface area contributed by atoms with Crippen LogP contribution in [-0.4, -0.2) is 27.9 Å². The molecule has 1 aliphatic rings. The van der Waals surface area contributed by atoms with E-state index in [1.165, 1.54) is 0 Å². The molecule has 4 amide bonds. The van der Waals surface area contributed by atoms with Crippen LogP contribution in [0.4, 0.5) is 16.2 Å². The van der Waals surface area contributed by atoms with Crippen LogP contribution in [0.25, 0.3) is 6.08 Å². The lowest BCUT2D eigenvalue weighted by Crippen LogP contribution is -2.54. The topological polar surface area (TPSA) is 130 Å². The fraction of sp³-hybridized carbons (Fsp3) is 0.105. The number of barbiturate groups is 1. The van der Waals surface area contributed by atoms with Gasteiger partial charge in [0.05, 0.1) is 15.1 Å². The number of amides is 4.